The van der Waals surface area contributed by atoms with Crippen LogP contribution in [-0.2, 0) is 0 Å². The zero-order chi connectivity index (χ0) is 15.4. The van der Waals surface area contributed by atoms with Gasteiger partial charge in [0.1, 0.15) is 24.5 Å². The molecule has 0 bridgehead atoms. The molecule has 0 aliphatic carbocycles. The Hall–Kier alpha value is -2.62. The molecular formula is C18H19N3O. The average Bonchev–Trinajstić information content (AvgIpc) is 2.56. The highest BCUT2D eigenvalue weighted by molar-refractivity contribution is 5.89. The molecule has 0 aliphatic rings. The molecule has 1 aromatic heterocycles. The number of nitrogens with zero attached hydrogens (tertiary/aromatic N) is 3. The highest BCUT2D eigenvalue weighted by Gasteiger charge is 2.08. The van der Waals surface area contributed by atoms with E-state index in [0.29, 0.717) is 6.61 Å². The maximum Gasteiger partial charge on any atom is 0.139 e. The Morgan fingerprint density at radius 3 is 2.59 bits per heavy atom. The van der Waals surface area contributed by atoms with E-state index in [-0.39, 0.29) is 0 Å². The summed E-state index contributed by atoms with van der Waals surface area (Å²) in [6, 6.07) is 16.1. The Bertz CT molecular complexity index is 750. The lowest BCUT2D eigenvalue weighted by Crippen LogP contribution is -2.24. The van der Waals surface area contributed by atoms with E-state index in [2.05, 4.69) is 33.9 Å². The van der Waals surface area contributed by atoms with Crippen LogP contribution in [0.2, 0.25) is 0 Å². The second-order valence-electron chi connectivity index (χ2n) is 5.30. The third kappa shape index (κ3) is 3.17. The van der Waals surface area contributed by atoms with E-state index in [9.17, 15) is 0 Å². The maximum atomic E-state index is 5.78. The molecule has 0 fully saturated rings. The SMILES string of the molecule is Cc1ccc(OCCN(C)c2ncnc3ccccc23)cc1. The Morgan fingerprint density at radius 1 is 1.00 bits per heavy atom. The molecule has 3 rings (SSSR count). The lowest BCUT2D eigenvalue weighted by atomic mass is 10.2. The van der Waals surface area contributed by atoms with Crippen LogP contribution in [0.4, 0.5) is 5.82 Å². The number of hydrogen-bond donors (Lipinski definition) is 0. The van der Waals surface area contributed by atoms with Crippen molar-refractivity contribution in [2.75, 3.05) is 25.1 Å². The number of fused-ring (bicyclic) bond motifs is 1. The monoisotopic (exact) mass is 293 g/mol. The first-order valence-corrected chi connectivity index (χ1v) is 7.34. The van der Waals surface area contributed by atoms with E-state index >= 15 is 0 Å². The van der Waals surface area contributed by atoms with Crippen molar-refractivity contribution in [3.63, 3.8) is 0 Å². The van der Waals surface area contributed by atoms with Gasteiger partial charge in [-0.05, 0) is 31.2 Å². The van der Waals surface area contributed by atoms with Gasteiger partial charge in [-0.3, -0.25) is 0 Å². The molecule has 0 saturated carbocycles. The number of likely N-dealkylation sites (N-methyl/N-ethyl adjacent to an activating group) is 1. The largest absolute Gasteiger partial charge is 0.492 e. The number of rotatable bonds is 5. The first-order valence-electron chi connectivity index (χ1n) is 7.34. The van der Waals surface area contributed by atoms with Crippen molar-refractivity contribution in [2.24, 2.45) is 0 Å². The number of ether oxygens (including phenoxy) is 1. The highest BCUT2D eigenvalue weighted by Crippen LogP contribution is 2.21. The van der Waals surface area contributed by atoms with E-state index in [0.717, 1.165) is 29.0 Å². The molecule has 1 heterocycles. The minimum Gasteiger partial charge on any atom is -0.492 e. The molecule has 0 radical (unpaired) electrons. The van der Waals surface area contributed by atoms with E-state index in [1.165, 1.54) is 5.56 Å². The Morgan fingerprint density at radius 2 is 1.77 bits per heavy atom. The van der Waals surface area contributed by atoms with E-state index in [1.807, 2.05) is 43.4 Å². The summed E-state index contributed by atoms with van der Waals surface area (Å²) in [5, 5.41) is 1.06. The van der Waals surface area contributed by atoms with Crippen LogP contribution < -0.4 is 9.64 Å². The zero-order valence-corrected chi connectivity index (χ0v) is 12.9. The van der Waals surface area contributed by atoms with Crippen LogP contribution in [0, 0.1) is 6.92 Å². The van der Waals surface area contributed by atoms with Gasteiger partial charge in [-0.15, -0.1) is 0 Å². The Kier molecular flexibility index (Phi) is 4.19. The fraction of sp³-hybridized carbons (Fsp3) is 0.222. The number of aryl methyl sites for hydroxylation is 1. The van der Waals surface area contributed by atoms with Crippen LogP contribution in [-0.4, -0.2) is 30.2 Å². The van der Waals surface area contributed by atoms with Crippen molar-refractivity contribution in [3.05, 3.63) is 60.4 Å². The summed E-state index contributed by atoms with van der Waals surface area (Å²) in [4.78, 5) is 10.8. The van der Waals surface area contributed by atoms with Gasteiger partial charge in [0.25, 0.3) is 0 Å². The fourth-order valence-corrected chi connectivity index (χ4v) is 2.34. The van der Waals surface area contributed by atoms with Gasteiger partial charge < -0.3 is 9.64 Å². The van der Waals surface area contributed by atoms with Crippen molar-refractivity contribution in [2.45, 2.75) is 6.92 Å². The average molecular weight is 293 g/mol. The normalized spacial score (nSPS) is 10.6. The molecule has 0 saturated heterocycles. The Balaban J connectivity index is 1.66. The van der Waals surface area contributed by atoms with Crippen molar-refractivity contribution in [1.82, 2.24) is 9.97 Å². The van der Waals surface area contributed by atoms with E-state index in [1.54, 1.807) is 6.33 Å². The summed E-state index contributed by atoms with van der Waals surface area (Å²) in [5.74, 6) is 1.82. The second-order valence-corrected chi connectivity index (χ2v) is 5.30. The lowest BCUT2D eigenvalue weighted by molar-refractivity contribution is 0.325. The number of hydrogen-bond acceptors (Lipinski definition) is 4. The minimum absolute atomic E-state index is 0.609. The van der Waals surface area contributed by atoms with Gasteiger partial charge in [-0.2, -0.15) is 0 Å². The van der Waals surface area contributed by atoms with Gasteiger partial charge in [0.05, 0.1) is 12.1 Å². The summed E-state index contributed by atoms with van der Waals surface area (Å²) < 4.78 is 5.78. The highest BCUT2D eigenvalue weighted by atomic mass is 16.5. The van der Waals surface area contributed by atoms with Crippen molar-refractivity contribution in [1.29, 1.82) is 0 Å². The topological polar surface area (TPSA) is 38.2 Å². The van der Waals surface area contributed by atoms with Crippen LogP contribution in [0.25, 0.3) is 10.9 Å². The summed E-state index contributed by atoms with van der Waals surface area (Å²) in [7, 11) is 2.02. The quantitative estimate of drug-likeness (QED) is 0.722. The van der Waals surface area contributed by atoms with Gasteiger partial charge in [0.15, 0.2) is 0 Å². The maximum absolute atomic E-state index is 5.78. The first-order chi connectivity index (χ1) is 10.7. The molecule has 3 aromatic rings. The summed E-state index contributed by atoms with van der Waals surface area (Å²) in [6.07, 6.45) is 1.61. The predicted molar refractivity (Wildman–Crippen MR) is 89.5 cm³/mol. The van der Waals surface area contributed by atoms with Crippen LogP contribution in [0.5, 0.6) is 5.75 Å². The molecule has 0 spiro atoms. The summed E-state index contributed by atoms with van der Waals surface area (Å²) in [6.45, 7) is 3.44. The van der Waals surface area contributed by atoms with Crippen LogP contribution in [0.1, 0.15) is 5.56 Å². The molecule has 4 heteroatoms. The summed E-state index contributed by atoms with van der Waals surface area (Å²) >= 11 is 0. The van der Waals surface area contributed by atoms with Gasteiger partial charge in [0, 0.05) is 12.4 Å². The van der Waals surface area contributed by atoms with Crippen molar-refractivity contribution >= 4 is 16.7 Å². The van der Waals surface area contributed by atoms with E-state index < -0.39 is 0 Å². The van der Waals surface area contributed by atoms with Crippen LogP contribution in [0.3, 0.4) is 0 Å². The van der Waals surface area contributed by atoms with Gasteiger partial charge in [-0.25, -0.2) is 9.97 Å². The Labute approximate surface area is 130 Å². The van der Waals surface area contributed by atoms with Gasteiger partial charge >= 0.3 is 0 Å². The number of para-hydroxylation sites is 1. The fourth-order valence-electron chi connectivity index (χ4n) is 2.34. The molecule has 0 aliphatic heterocycles. The first kappa shape index (κ1) is 14.3. The lowest BCUT2D eigenvalue weighted by Gasteiger charge is -2.19. The zero-order valence-electron chi connectivity index (χ0n) is 12.9. The number of benzene rings is 2. The molecule has 0 amide bonds. The third-order valence-electron chi connectivity index (χ3n) is 3.60. The van der Waals surface area contributed by atoms with Crippen molar-refractivity contribution in [3.8, 4) is 5.75 Å². The molecule has 4 nitrogen and oxygen atoms in total. The number of aromatic nitrogens is 2. The van der Waals surface area contributed by atoms with E-state index in [4.69, 9.17) is 4.74 Å². The van der Waals surface area contributed by atoms with Crippen molar-refractivity contribution < 1.29 is 4.74 Å². The van der Waals surface area contributed by atoms with Crippen LogP contribution >= 0.6 is 0 Å². The molecule has 0 atom stereocenters. The smallest absolute Gasteiger partial charge is 0.139 e. The predicted octanol–water partition coefficient (Wildman–Crippen LogP) is 3.45. The molecule has 2 aromatic carbocycles. The standard InChI is InChI=1S/C18H19N3O/c1-14-7-9-15(10-8-14)22-12-11-21(2)18-16-5-3-4-6-17(16)19-13-20-18/h3-10,13H,11-12H2,1-2H3. The van der Waals surface area contributed by atoms with Crippen LogP contribution in [0.15, 0.2) is 54.9 Å². The molecular weight excluding hydrogens is 274 g/mol. The minimum atomic E-state index is 0.609. The molecule has 22 heavy (non-hydrogen) atoms. The third-order valence-corrected chi connectivity index (χ3v) is 3.60. The van der Waals surface area contributed by atoms with Gasteiger partial charge in [-0.1, -0.05) is 29.8 Å². The number of anilines is 1. The van der Waals surface area contributed by atoms with Gasteiger partial charge in [0.2, 0.25) is 0 Å². The molecule has 112 valence electrons. The second kappa shape index (κ2) is 6.43. The summed E-state index contributed by atoms with van der Waals surface area (Å²) in [5.41, 5.74) is 2.19. The molecule has 0 N–H and O–H groups in total. The molecule has 0 unspecified atom stereocenters.